The molecule has 1 heterocycles. The van der Waals surface area contributed by atoms with E-state index in [1.165, 1.54) is 5.56 Å². The Hall–Kier alpha value is -2.08. The van der Waals surface area contributed by atoms with Crippen molar-refractivity contribution in [2.45, 2.75) is 46.0 Å². The first kappa shape index (κ1) is 14.3. The molecule has 20 heavy (non-hydrogen) atoms. The van der Waals surface area contributed by atoms with Gasteiger partial charge in [-0.25, -0.2) is 4.68 Å². The summed E-state index contributed by atoms with van der Waals surface area (Å²) in [4.78, 5) is 0. The molecule has 1 aromatic heterocycles. The van der Waals surface area contributed by atoms with E-state index in [4.69, 9.17) is 5.26 Å². The fraction of sp³-hybridized carbons (Fsp3) is 0.412. The summed E-state index contributed by atoms with van der Waals surface area (Å²) in [6, 6.07) is 12.7. The maximum Gasteiger partial charge on any atom is 0.0793 e. The maximum absolute atomic E-state index is 8.83. The Labute approximate surface area is 120 Å². The fourth-order valence-corrected chi connectivity index (χ4v) is 2.23. The van der Waals surface area contributed by atoms with Crippen molar-refractivity contribution in [3.05, 3.63) is 47.3 Å². The molecule has 0 aliphatic heterocycles. The monoisotopic (exact) mass is 267 g/mol. The summed E-state index contributed by atoms with van der Waals surface area (Å²) in [6.07, 6.45) is 0.358. The molecule has 2 rings (SSSR count). The van der Waals surface area contributed by atoms with Gasteiger partial charge in [-0.1, -0.05) is 39.8 Å². The van der Waals surface area contributed by atoms with Gasteiger partial charge in [-0.2, -0.15) is 10.4 Å². The third-order valence-corrected chi connectivity index (χ3v) is 3.44. The number of hydrogen-bond donors (Lipinski definition) is 0. The third kappa shape index (κ3) is 2.91. The largest absolute Gasteiger partial charge is 0.237 e. The van der Waals surface area contributed by atoms with Crippen LogP contribution in [0.1, 0.15) is 56.5 Å². The highest BCUT2D eigenvalue weighted by molar-refractivity contribution is 5.38. The van der Waals surface area contributed by atoms with Gasteiger partial charge in [0.2, 0.25) is 0 Å². The van der Waals surface area contributed by atoms with Gasteiger partial charge in [0.05, 0.1) is 23.9 Å². The van der Waals surface area contributed by atoms with E-state index in [0.717, 1.165) is 17.1 Å². The molecular weight excluding hydrogens is 246 g/mol. The molecule has 0 bridgehead atoms. The lowest BCUT2D eigenvalue weighted by molar-refractivity contribution is 0.729. The third-order valence-electron chi connectivity index (χ3n) is 3.44. The van der Waals surface area contributed by atoms with Crippen LogP contribution >= 0.6 is 0 Å². The molecule has 3 nitrogen and oxygen atoms in total. The van der Waals surface area contributed by atoms with Crippen LogP contribution in [-0.2, 0) is 6.42 Å². The van der Waals surface area contributed by atoms with Gasteiger partial charge in [0.1, 0.15) is 0 Å². The summed E-state index contributed by atoms with van der Waals surface area (Å²) in [5, 5.41) is 13.4. The van der Waals surface area contributed by atoms with E-state index in [1.807, 2.05) is 10.7 Å². The summed E-state index contributed by atoms with van der Waals surface area (Å²) in [7, 11) is 0. The molecule has 0 amide bonds. The minimum atomic E-state index is 0.358. The lowest BCUT2D eigenvalue weighted by atomic mass is 10.0. The van der Waals surface area contributed by atoms with E-state index in [9.17, 15) is 0 Å². The van der Waals surface area contributed by atoms with Crippen molar-refractivity contribution in [3.63, 3.8) is 0 Å². The molecule has 0 spiro atoms. The molecule has 0 fully saturated rings. The fourth-order valence-electron chi connectivity index (χ4n) is 2.23. The predicted octanol–water partition coefficient (Wildman–Crippen LogP) is 4.19. The van der Waals surface area contributed by atoms with E-state index >= 15 is 0 Å². The first-order valence-electron chi connectivity index (χ1n) is 7.09. The van der Waals surface area contributed by atoms with Gasteiger partial charge in [0, 0.05) is 5.69 Å². The van der Waals surface area contributed by atoms with E-state index < -0.39 is 0 Å². The first-order chi connectivity index (χ1) is 9.52. The van der Waals surface area contributed by atoms with Crippen LogP contribution in [0, 0.1) is 11.3 Å². The molecule has 0 aliphatic carbocycles. The van der Waals surface area contributed by atoms with Crippen LogP contribution in [0.3, 0.4) is 0 Å². The minimum absolute atomic E-state index is 0.358. The van der Waals surface area contributed by atoms with Crippen LogP contribution < -0.4 is 0 Å². The number of rotatable bonds is 4. The Bertz CT molecular complexity index is 613. The zero-order valence-electron chi connectivity index (χ0n) is 12.6. The highest BCUT2D eigenvalue weighted by Gasteiger charge is 2.12. The molecule has 0 aliphatic rings. The van der Waals surface area contributed by atoms with Gasteiger partial charge in [-0.05, 0) is 35.6 Å². The van der Waals surface area contributed by atoms with Gasteiger partial charge in [0.25, 0.3) is 0 Å². The van der Waals surface area contributed by atoms with Crippen molar-refractivity contribution in [2.75, 3.05) is 0 Å². The highest BCUT2D eigenvalue weighted by Crippen LogP contribution is 2.22. The van der Waals surface area contributed by atoms with Crippen molar-refractivity contribution in [2.24, 2.45) is 0 Å². The molecule has 1 aromatic carbocycles. The van der Waals surface area contributed by atoms with Gasteiger partial charge in [-0.3, -0.25) is 0 Å². The summed E-state index contributed by atoms with van der Waals surface area (Å²) in [5.41, 5.74) is 4.36. The molecule has 0 atom stereocenters. The Morgan fingerprint density at radius 1 is 1.10 bits per heavy atom. The van der Waals surface area contributed by atoms with Crippen molar-refractivity contribution in [3.8, 4) is 11.8 Å². The maximum atomic E-state index is 8.83. The first-order valence-corrected chi connectivity index (χ1v) is 7.09. The quantitative estimate of drug-likeness (QED) is 0.833. The van der Waals surface area contributed by atoms with Gasteiger partial charge in [0.15, 0.2) is 0 Å². The standard InChI is InChI=1S/C17H21N3/c1-12(2)14-5-7-16(8-6-14)20-17(13(3)4)11-15(19-20)9-10-18/h5-8,11-13H,9H2,1-4H3. The second-order valence-corrected chi connectivity index (χ2v) is 5.71. The van der Waals surface area contributed by atoms with Crippen LogP contribution in [0.2, 0.25) is 0 Å². The summed E-state index contributed by atoms with van der Waals surface area (Å²) in [6.45, 7) is 8.67. The Morgan fingerprint density at radius 2 is 1.75 bits per heavy atom. The van der Waals surface area contributed by atoms with E-state index in [2.05, 4.69) is 63.1 Å². The molecule has 3 heteroatoms. The van der Waals surface area contributed by atoms with Crippen LogP contribution in [0.4, 0.5) is 0 Å². The number of aromatic nitrogens is 2. The Kier molecular flexibility index (Phi) is 4.24. The van der Waals surface area contributed by atoms with Gasteiger partial charge < -0.3 is 0 Å². The average molecular weight is 267 g/mol. The summed E-state index contributed by atoms with van der Waals surface area (Å²) in [5.74, 6) is 0.903. The van der Waals surface area contributed by atoms with Crippen molar-refractivity contribution in [1.29, 1.82) is 5.26 Å². The minimum Gasteiger partial charge on any atom is -0.237 e. The molecule has 0 unspecified atom stereocenters. The number of benzene rings is 1. The van der Waals surface area contributed by atoms with Crippen LogP contribution in [0.25, 0.3) is 5.69 Å². The van der Waals surface area contributed by atoms with Crippen LogP contribution in [0.15, 0.2) is 30.3 Å². The summed E-state index contributed by atoms with van der Waals surface area (Å²) >= 11 is 0. The normalized spacial score (nSPS) is 11.1. The lowest BCUT2D eigenvalue weighted by Crippen LogP contribution is -2.04. The van der Waals surface area contributed by atoms with E-state index in [1.54, 1.807) is 0 Å². The van der Waals surface area contributed by atoms with Crippen molar-refractivity contribution in [1.82, 2.24) is 9.78 Å². The molecule has 104 valence electrons. The number of nitriles is 1. The lowest BCUT2D eigenvalue weighted by Gasteiger charge is -2.11. The van der Waals surface area contributed by atoms with E-state index in [0.29, 0.717) is 18.3 Å². The van der Waals surface area contributed by atoms with Gasteiger partial charge in [-0.15, -0.1) is 0 Å². The topological polar surface area (TPSA) is 41.6 Å². The zero-order valence-corrected chi connectivity index (χ0v) is 12.6. The van der Waals surface area contributed by atoms with Crippen LogP contribution in [0.5, 0.6) is 0 Å². The predicted molar refractivity (Wildman–Crippen MR) is 81.1 cm³/mol. The molecule has 2 aromatic rings. The molecule has 0 saturated heterocycles. The molecule has 0 N–H and O–H groups in total. The second kappa shape index (κ2) is 5.92. The van der Waals surface area contributed by atoms with Crippen LogP contribution in [-0.4, -0.2) is 9.78 Å². The summed E-state index contributed by atoms with van der Waals surface area (Å²) < 4.78 is 1.96. The van der Waals surface area contributed by atoms with E-state index in [-0.39, 0.29) is 0 Å². The highest BCUT2D eigenvalue weighted by atomic mass is 15.3. The smallest absolute Gasteiger partial charge is 0.0793 e. The average Bonchev–Trinajstić information content (AvgIpc) is 2.83. The zero-order chi connectivity index (χ0) is 14.7. The molecular formula is C17H21N3. The number of hydrogen-bond acceptors (Lipinski definition) is 2. The van der Waals surface area contributed by atoms with Crippen molar-refractivity contribution >= 4 is 0 Å². The second-order valence-electron chi connectivity index (χ2n) is 5.71. The SMILES string of the molecule is CC(C)c1ccc(-n2nc(CC#N)cc2C(C)C)cc1. The molecule has 0 radical (unpaired) electrons. The van der Waals surface area contributed by atoms with Crippen molar-refractivity contribution < 1.29 is 0 Å². The number of nitrogens with zero attached hydrogens (tertiary/aromatic N) is 3. The van der Waals surface area contributed by atoms with Gasteiger partial charge >= 0.3 is 0 Å². The molecule has 0 saturated carbocycles. The Morgan fingerprint density at radius 3 is 2.25 bits per heavy atom. The Balaban J connectivity index is 2.43.